The molecule has 0 aromatic carbocycles. The fourth-order valence-corrected chi connectivity index (χ4v) is 2.66. The van der Waals surface area contributed by atoms with Gasteiger partial charge in [-0.1, -0.05) is 0 Å². The summed E-state index contributed by atoms with van der Waals surface area (Å²) < 4.78 is 37.9. The number of likely N-dealkylation sites (tertiary alicyclic amines) is 1. The van der Waals surface area contributed by atoms with E-state index < -0.39 is 12.1 Å². The van der Waals surface area contributed by atoms with E-state index in [0.717, 1.165) is 0 Å². The molecule has 1 aliphatic heterocycles. The number of carbonyl (C=O) groups is 1. The first kappa shape index (κ1) is 14.3. The molecule has 0 aliphatic carbocycles. The Morgan fingerprint density at radius 1 is 1.58 bits per heavy atom. The Bertz CT molecular complexity index is 421. The van der Waals surface area contributed by atoms with Crippen LogP contribution in [0.2, 0.25) is 0 Å². The molecule has 1 aliphatic rings. The molecule has 1 aromatic rings. The van der Waals surface area contributed by atoms with Crippen molar-refractivity contribution in [2.24, 2.45) is 5.92 Å². The number of amides is 1. The lowest BCUT2D eigenvalue weighted by Gasteiger charge is -2.33. The second-order valence-corrected chi connectivity index (χ2v) is 5.40. The molecule has 1 atom stereocenters. The Kier molecular flexibility index (Phi) is 4.41. The van der Waals surface area contributed by atoms with Crippen molar-refractivity contribution in [2.75, 3.05) is 25.0 Å². The van der Waals surface area contributed by atoms with E-state index >= 15 is 0 Å². The van der Waals surface area contributed by atoms with Crippen molar-refractivity contribution in [1.82, 2.24) is 9.88 Å². The van der Waals surface area contributed by atoms with E-state index in [1.165, 1.54) is 11.3 Å². The number of nitrogens with zero attached hydrogens (tertiary/aromatic N) is 2. The summed E-state index contributed by atoms with van der Waals surface area (Å²) in [5.41, 5.74) is 0. The predicted octanol–water partition coefficient (Wildman–Crippen LogP) is 2.36. The van der Waals surface area contributed by atoms with Gasteiger partial charge in [0.05, 0.1) is 12.5 Å². The van der Waals surface area contributed by atoms with Crippen molar-refractivity contribution in [2.45, 2.75) is 19.0 Å². The lowest BCUT2D eigenvalue weighted by Crippen LogP contribution is -2.44. The lowest BCUT2D eigenvalue weighted by atomic mass is 9.97. The van der Waals surface area contributed by atoms with Crippen LogP contribution in [0.5, 0.6) is 0 Å². The number of alkyl halides is 3. The summed E-state index contributed by atoms with van der Waals surface area (Å²) in [4.78, 5) is 17.1. The molecule has 19 heavy (non-hydrogen) atoms. The monoisotopic (exact) mass is 293 g/mol. The average Bonchev–Trinajstić information content (AvgIpc) is 2.80. The number of hydrogen-bond acceptors (Lipinski definition) is 4. The number of thiazole rings is 1. The molecular weight excluding hydrogens is 279 g/mol. The first-order valence-corrected chi connectivity index (χ1v) is 6.81. The zero-order valence-electron chi connectivity index (χ0n) is 10.1. The van der Waals surface area contributed by atoms with E-state index in [-0.39, 0.29) is 25.4 Å². The molecule has 4 nitrogen and oxygen atoms in total. The van der Waals surface area contributed by atoms with Crippen LogP contribution in [0.25, 0.3) is 0 Å². The second kappa shape index (κ2) is 5.87. The van der Waals surface area contributed by atoms with Crippen LogP contribution in [-0.4, -0.2) is 41.6 Å². The zero-order chi connectivity index (χ0) is 13.9. The van der Waals surface area contributed by atoms with Crippen molar-refractivity contribution < 1.29 is 18.0 Å². The summed E-state index contributed by atoms with van der Waals surface area (Å²) in [7, 11) is 0. The fourth-order valence-electron chi connectivity index (χ4n) is 2.11. The number of hydrogen-bond donors (Lipinski definition) is 1. The van der Waals surface area contributed by atoms with Crippen LogP contribution in [0, 0.1) is 5.92 Å². The summed E-state index contributed by atoms with van der Waals surface area (Å²) in [6, 6.07) is 0. The van der Waals surface area contributed by atoms with E-state index in [4.69, 9.17) is 0 Å². The van der Waals surface area contributed by atoms with Crippen molar-refractivity contribution in [3.8, 4) is 0 Å². The highest BCUT2D eigenvalue weighted by molar-refractivity contribution is 7.13. The summed E-state index contributed by atoms with van der Waals surface area (Å²) in [5.74, 6) is -1.65. The van der Waals surface area contributed by atoms with Gasteiger partial charge in [0.15, 0.2) is 5.13 Å². The Morgan fingerprint density at radius 2 is 2.37 bits per heavy atom. The first-order chi connectivity index (χ1) is 8.95. The van der Waals surface area contributed by atoms with Crippen LogP contribution < -0.4 is 5.32 Å². The molecule has 0 saturated carbocycles. The number of nitrogens with one attached hydrogen (secondary N) is 1. The predicted molar refractivity (Wildman–Crippen MR) is 66.0 cm³/mol. The quantitative estimate of drug-likeness (QED) is 0.930. The molecule has 1 N–H and O–H groups in total. The molecule has 0 bridgehead atoms. The number of anilines is 1. The molecule has 2 heterocycles. The van der Waals surface area contributed by atoms with Crippen LogP contribution in [-0.2, 0) is 4.79 Å². The third-order valence-electron chi connectivity index (χ3n) is 3.01. The number of aromatic nitrogens is 1. The molecule has 8 heteroatoms. The summed E-state index contributed by atoms with van der Waals surface area (Å²) >= 11 is 1.28. The molecule has 1 amide bonds. The van der Waals surface area contributed by atoms with Crippen molar-refractivity contribution in [3.05, 3.63) is 11.6 Å². The van der Waals surface area contributed by atoms with Gasteiger partial charge in [0.2, 0.25) is 5.91 Å². The van der Waals surface area contributed by atoms with Gasteiger partial charge >= 0.3 is 6.18 Å². The largest absolute Gasteiger partial charge is 0.393 e. The van der Waals surface area contributed by atoms with Gasteiger partial charge in [0.1, 0.15) is 0 Å². The Hall–Kier alpha value is -1.15. The van der Waals surface area contributed by atoms with E-state index in [9.17, 15) is 18.0 Å². The smallest absolute Gasteiger partial charge is 0.301 e. The maximum Gasteiger partial charge on any atom is 0.393 e. The minimum Gasteiger partial charge on any atom is -0.301 e. The van der Waals surface area contributed by atoms with Crippen LogP contribution in [0.15, 0.2) is 11.6 Å². The number of halogens is 3. The molecule has 0 radical (unpaired) electrons. The van der Waals surface area contributed by atoms with E-state index in [1.54, 1.807) is 16.5 Å². The van der Waals surface area contributed by atoms with Gasteiger partial charge < -0.3 is 5.32 Å². The number of carbonyl (C=O) groups excluding carboxylic acids is 1. The minimum atomic E-state index is -4.18. The van der Waals surface area contributed by atoms with Gasteiger partial charge in [0, 0.05) is 18.1 Å². The van der Waals surface area contributed by atoms with E-state index in [1.807, 2.05) is 0 Å². The molecule has 1 fully saturated rings. The van der Waals surface area contributed by atoms with Crippen molar-refractivity contribution in [1.29, 1.82) is 0 Å². The van der Waals surface area contributed by atoms with Crippen LogP contribution in [0.3, 0.4) is 0 Å². The fraction of sp³-hybridized carbons (Fsp3) is 0.636. The van der Waals surface area contributed by atoms with Gasteiger partial charge in [0.25, 0.3) is 0 Å². The van der Waals surface area contributed by atoms with E-state index in [0.29, 0.717) is 18.1 Å². The molecule has 0 spiro atoms. The topological polar surface area (TPSA) is 45.2 Å². The summed E-state index contributed by atoms with van der Waals surface area (Å²) in [6.07, 6.45) is -2.01. The van der Waals surface area contributed by atoms with Gasteiger partial charge in [-0.3, -0.25) is 9.69 Å². The van der Waals surface area contributed by atoms with Crippen LogP contribution in [0.1, 0.15) is 12.8 Å². The highest BCUT2D eigenvalue weighted by Gasteiger charge is 2.41. The van der Waals surface area contributed by atoms with E-state index in [2.05, 4.69) is 10.3 Å². The maximum absolute atomic E-state index is 12.6. The zero-order valence-corrected chi connectivity index (χ0v) is 10.9. The summed E-state index contributed by atoms with van der Waals surface area (Å²) in [6.45, 7) is 0.402. The summed E-state index contributed by atoms with van der Waals surface area (Å²) in [5, 5.41) is 4.75. The van der Waals surface area contributed by atoms with Gasteiger partial charge in [-0.2, -0.15) is 13.2 Å². The lowest BCUT2D eigenvalue weighted by molar-refractivity contribution is -0.186. The van der Waals surface area contributed by atoms with Gasteiger partial charge in [-0.15, -0.1) is 11.3 Å². The first-order valence-electron chi connectivity index (χ1n) is 5.93. The third-order valence-corrected chi connectivity index (χ3v) is 3.70. The molecular formula is C11H14F3N3OS. The highest BCUT2D eigenvalue weighted by Crippen LogP contribution is 2.32. The Balaban J connectivity index is 1.83. The second-order valence-electron chi connectivity index (χ2n) is 4.50. The normalized spacial score (nSPS) is 21.3. The standard InChI is InChI=1S/C11H14F3N3OS/c12-11(13,14)8-2-1-4-17(6-8)7-9(18)16-10-15-3-5-19-10/h3,5,8H,1-2,4,6-7H2,(H,15,16,18). The Morgan fingerprint density at radius 3 is 3.00 bits per heavy atom. The molecule has 1 saturated heterocycles. The minimum absolute atomic E-state index is 0.0217. The highest BCUT2D eigenvalue weighted by atomic mass is 32.1. The van der Waals surface area contributed by atoms with Crippen molar-refractivity contribution in [3.63, 3.8) is 0 Å². The van der Waals surface area contributed by atoms with Gasteiger partial charge in [-0.05, 0) is 19.4 Å². The molecule has 1 unspecified atom stereocenters. The van der Waals surface area contributed by atoms with Gasteiger partial charge in [-0.25, -0.2) is 4.98 Å². The van der Waals surface area contributed by atoms with Crippen LogP contribution >= 0.6 is 11.3 Å². The molecule has 2 rings (SSSR count). The average molecular weight is 293 g/mol. The number of piperidine rings is 1. The maximum atomic E-state index is 12.6. The molecule has 1 aromatic heterocycles. The van der Waals surface area contributed by atoms with Crippen LogP contribution in [0.4, 0.5) is 18.3 Å². The third kappa shape index (κ3) is 4.17. The number of rotatable bonds is 3. The molecule has 106 valence electrons. The Labute approximate surface area is 112 Å². The van der Waals surface area contributed by atoms with Crippen molar-refractivity contribution >= 4 is 22.4 Å². The SMILES string of the molecule is O=C(CN1CCCC(C(F)(F)F)C1)Nc1nccs1.